The SMILES string of the molecule is O.[Na+].[O-]n1ccccc1=S. The summed E-state index contributed by atoms with van der Waals surface area (Å²) in [6, 6.07) is 4.96. The number of pyridine rings is 1. The minimum Gasteiger partial charge on any atom is -0.805 e. The Balaban J connectivity index is 0. The monoisotopic (exact) mass is 167 g/mol. The Kier molecular flexibility index (Phi) is 7.51. The molecule has 0 aromatic carbocycles. The fourth-order valence-electron chi connectivity index (χ4n) is 0.413. The van der Waals surface area contributed by atoms with E-state index in [2.05, 4.69) is 12.2 Å². The first-order chi connectivity index (χ1) is 3.80. The van der Waals surface area contributed by atoms with Crippen LogP contribution >= 0.6 is 12.2 Å². The topological polar surface area (TPSA) is 59.5 Å². The van der Waals surface area contributed by atoms with Gasteiger partial charge in [-0.2, -0.15) is 0 Å². The smallest absolute Gasteiger partial charge is 0.805 e. The van der Waals surface area contributed by atoms with Gasteiger partial charge in [0.15, 0.2) is 0 Å². The molecule has 1 aromatic rings. The summed E-state index contributed by atoms with van der Waals surface area (Å²) in [5.74, 6) is 0. The van der Waals surface area contributed by atoms with Gasteiger partial charge in [0.2, 0.25) is 0 Å². The Labute approximate surface area is 85.9 Å². The normalized spacial score (nSPS) is 7.20. The maximum Gasteiger partial charge on any atom is 1.00 e. The van der Waals surface area contributed by atoms with Gasteiger partial charge in [-0.1, -0.05) is 18.3 Å². The van der Waals surface area contributed by atoms with Gasteiger partial charge < -0.3 is 15.4 Å². The van der Waals surface area contributed by atoms with Crippen molar-refractivity contribution in [3.8, 4) is 0 Å². The molecule has 0 amide bonds. The van der Waals surface area contributed by atoms with Gasteiger partial charge >= 0.3 is 29.6 Å². The molecule has 0 unspecified atom stereocenters. The molecule has 1 aromatic heterocycles. The summed E-state index contributed by atoms with van der Waals surface area (Å²) in [6.07, 6.45) is 1.38. The van der Waals surface area contributed by atoms with Crippen LogP contribution in [0.2, 0.25) is 0 Å². The van der Waals surface area contributed by atoms with Gasteiger partial charge in [0.05, 0.1) is 0 Å². The summed E-state index contributed by atoms with van der Waals surface area (Å²) in [4.78, 5) is 0. The molecule has 0 aliphatic rings. The molecule has 0 aliphatic carbocycles. The van der Waals surface area contributed by atoms with E-state index in [0.717, 1.165) is 0 Å². The molecule has 5 heteroatoms. The van der Waals surface area contributed by atoms with Gasteiger partial charge in [0.25, 0.3) is 0 Å². The summed E-state index contributed by atoms with van der Waals surface area (Å²) in [5.41, 5.74) is 0. The summed E-state index contributed by atoms with van der Waals surface area (Å²) in [5, 5.41) is 10.4. The number of rotatable bonds is 0. The maximum atomic E-state index is 10.4. The predicted molar refractivity (Wildman–Crippen MR) is 37.6 cm³/mol. The van der Waals surface area contributed by atoms with Crippen molar-refractivity contribution in [3.05, 3.63) is 34.2 Å². The Bertz CT molecular complexity index is 237. The van der Waals surface area contributed by atoms with Crippen LogP contribution in [0.4, 0.5) is 0 Å². The minimum absolute atomic E-state index is 0. The standard InChI is InChI=1S/C5H4NOS.Na.H2O/c7-6-4-2-1-3-5(6)8;;/h1-4H;;1H2/q-1;+1;. The average Bonchev–Trinajstić information content (AvgIpc) is 1.77. The minimum atomic E-state index is 0. The van der Waals surface area contributed by atoms with Crippen LogP contribution in [-0.2, 0) is 0 Å². The molecule has 0 atom stereocenters. The summed E-state index contributed by atoms with van der Waals surface area (Å²) >= 11 is 4.60. The molecule has 10 heavy (non-hydrogen) atoms. The second-order valence-corrected chi connectivity index (χ2v) is 1.78. The molecule has 3 nitrogen and oxygen atoms in total. The van der Waals surface area contributed by atoms with E-state index < -0.39 is 0 Å². The summed E-state index contributed by atoms with van der Waals surface area (Å²) in [6.45, 7) is 0. The Morgan fingerprint density at radius 1 is 1.40 bits per heavy atom. The fourth-order valence-corrected chi connectivity index (χ4v) is 0.552. The van der Waals surface area contributed by atoms with Crippen molar-refractivity contribution in [2.75, 3.05) is 0 Å². The molecule has 0 radical (unpaired) electrons. The number of nitrogens with zero attached hydrogens (tertiary/aromatic N) is 1. The number of hydrogen-bond acceptors (Lipinski definition) is 2. The Morgan fingerprint density at radius 2 is 2.00 bits per heavy atom. The van der Waals surface area contributed by atoms with Crippen molar-refractivity contribution in [2.24, 2.45) is 0 Å². The first-order valence-corrected chi connectivity index (χ1v) is 2.57. The van der Waals surface area contributed by atoms with Crippen LogP contribution in [0.5, 0.6) is 0 Å². The molecule has 1 heterocycles. The van der Waals surface area contributed by atoms with E-state index in [4.69, 9.17) is 0 Å². The quantitative estimate of drug-likeness (QED) is 0.323. The van der Waals surface area contributed by atoms with Gasteiger partial charge in [-0.15, -0.1) is 0 Å². The summed E-state index contributed by atoms with van der Waals surface area (Å²) < 4.78 is 0.961. The number of hydrogen-bond donors (Lipinski definition) is 0. The third kappa shape index (κ3) is 3.34. The molecule has 0 saturated carbocycles. The van der Waals surface area contributed by atoms with Crippen molar-refractivity contribution < 1.29 is 35.0 Å². The third-order valence-corrected chi connectivity index (χ3v) is 1.10. The van der Waals surface area contributed by atoms with E-state index >= 15 is 0 Å². The van der Waals surface area contributed by atoms with Crippen molar-refractivity contribution in [3.63, 3.8) is 0 Å². The van der Waals surface area contributed by atoms with E-state index in [9.17, 15) is 5.21 Å². The zero-order valence-corrected chi connectivity index (χ0v) is 8.39. The summed E-state index contributed by atoms with van der Waals surface area (Å²) in [7, 11) is 0. The first-order valence-electron chi connectivity index (χ1n) is 2.16. The molecule has 0 spiro atoms. The first kappa shape index (κ1) is 12.8. The zero-order valence-electron chi connectivity index (χ0n) is 5.57. The Hall–Kier alpha value is 0.130. The average molecular weight is 167 g/mol. The fraction of sp³-hybridized carbons (Fsp3) is 0. The van der Waals surface area contributed by atoms with E-state index in [1.165, 1.54) is 6.20 Å². The van der Waals surface area contributed by atoms with Crippen LogP contribution in [0.15, 0.2) is 24.4 Å². The van der Waals surface area contributed by atoms with E-state index in [-0.39, 0.29) is 35.0 Å². The van der Waals surface area contributed by atoms with Crippen LogP contribution in [0.25, 0.3) is 0 Å². The molecule has 0 bridgehead atoms. The van der Waals surface area contributed by atoms with Gasteiger partial charge in [0.1, 0.15) is 4.64 Å². The molecule has 0 aliphatic heterocycles. The third-order valence-electron chi connectivity index (χ3n) is 0.789. The van der Waals surface area contributed by atoms with Crippen LogP contribution in [0.1, 0.15) is 0 Å². The second kappa shape index (κ2) is 5.88. The van der Waals surface area contributed by atoms with Crippen LogP contribution in [0.3, 0.4) is 0 Å². The largest absolute Gasteiger partial charge is 1.00 e. The van der Waals surface area contributed by atoms with Crippen molar-refractivity contribution in [1.29, 1.82) is 0 Å². The van der Waals surface area contributed by atoms with Crippen LogP contribution in [-0.4, -0.2) is 10.2 Å². The van der Waals surface area contributed by atoms with Crippen molar-refractivity contribution in [1.82, 2.24) is 4.73 Å². The Morgan fingerprint density at radius 3 is 2.30 bits per heavy atom. The predicted octanol–water partition coefficient (Wildman–Crippen LogP) is -2.26. The van der Waals surface area contributed by atoms with Crippen LogP contribution in [0, 0.1) is 9.85 Å². The molecule has 0 fully saturated rings. The molecular formula is C5H6NNaO2S. The maximum absolute atomic E-state index is 10.4. The molecular weight excluding hydrogens is 161 g/mol. The second-order valence-electron chi connectivity index (χ2n) is 1.36. The van der Waals surface area contributed by atoms with E-state index in [1.54, 1.807) is 18.2 Å². The van der Waals surface area contributed by atoms with E-state index in [1.807, 2.05) is 0 Å². The van der Waals surface area contributed by atoms with Crippen LogP contribution < -0.4 is 29.6 Å². The van der Waals surface area contributed by atoms with Gasteiger partial charge in [-0.25, -0.2) is 0 Å². The van der Waals surface area contributed by atoms with Crippen molar-refractivity contribution in [2.45, 2.75) is 0 Å². The zero-order chi connectivity index (χ0) is 5.98. The molecule has 1 rings (SSSR count). The number of aromatic nitrogens is 1. The molecule has 2 N–H and O–H groups in total. The van der Waals surface area contributed by atoms with Gasteiger partial charge in [0, 0.05) is 0 Å². The van der Waals surface area contributed by atoms with Gasteiger partial charge in [-0.3, -0.25) is 0 Å². The van der Waals surface area contributed by atoms with E-state index in [0.29, 0.717) is 9.37 Å². The molecule has 50 valence electrons. The molecule has 0 saturated heterocycles. The van der Waals surface area contributed by atoms with Gasteiger partial charge in [-0.05, 0) is 18.3 Å². The van der Waals surface area contributed by atoms with Crippen molar-refractivity contribution >= 4 is 12.2 Å².